The quantitative estimate of drug-likeness (QED) is 0.581. The van der Waals surface area contributed by atoms with Crippen LogP contribution in [0.5, 0.6) is 0 Å². The van der Waals surface area contributed by atoms with Gasteiger partial charge in [-0.3, -0.25) is 4.79 Å². The van der Waals surface area contributed by atoms with Crippen molar-refractivity contribution in [3.05, 3.63) is 0 Å². The number of rotatable bonds is 9. The lowest BCUT2D eigenvalue weighted by Crippen LogP contribution is -2.37. The molecule has 3 heteroatoms. The second-order valence-electron chi connectivity index (χ2n) is 4.52. The van der Waals surface area contributed by atoms with Crippen LogP contribution in [0.1, 0.15) is 52.9 Å². The van der Waals surface area contributed by atoms with Gasteiger partial charge in [0.15, 0.2) is 0 Å². The third-order valence-electron chi connectivity index (χ3n) is 2.49. The van der Waals surface area contributed by atoms with Crippen molar-refractivity contribution >= 4 is 5.97 Å². The van der Waals surface area contributed by atoms with Crippen LogP contribution >= 0.6 is 0 Å². The van der Waals surface area contributed by atoms with Crippen molar-refractivity contribution in [2.45, 2.75) is 58.9 Å². The minimum absolute atomic E-state index is 0.350. The fourth-order valence-electron chi connectivity index (χ4n) is 1.51. The van der Waals surface area contributed by atoms with Gasteiger partial charge in [-0.2, -0.15) is 0 Å². The zero-order chi connectivity index (χ0) is 11.7. The number of carboxylic acids is 1. The van der Waals surface area contributed by atoms with Crippen LogP contribution < -0.4 is 5.32 Å². The molecule has 0 fully saturated rings. The normalized spacial score (nSPS) is 13.1. The van der Waals surface area contributed by atoms with Gasteiger partial charge in [0, 0.05) is 0 Å². The number of aliphatic carboxylic acids is 1. The smallest absolute Gasteiger partial charge is 0.320 e. The van der Waals surface area contributed by atoms with E-state index in [9.17, 15) is 4.79 Å². The molecule has 0 heterocycles. The summed E-state index contributed by atoms with van der Waals surface area (Å²) in [4.78, 5) is 10.9. The third-order valence-corrected chi connectivity index (χ3v) is 2.49. The van der Waals surface area contributed by atoms with Crippen LogP contribution in [0.25, 0.3) is 0 Å². The number of hydrogen-bond donors (Lipinski definition) is 2. The number of hydrogen-bond acceptors (Lipinski definition) is 2. The maximum Gasteiger partial charge on any atom is 0.320 e. The van der Waals surface area contributed by atoms with E-state index in [0.29, 0.717) is 5.92 Å². The van der Waals surface area contributed by atoms with Crippen molar-refractivity contribution in [2.24, 2.45) is 5.92 Å². The lowest BCUT2D eigenvalue weighted by molar-refractivity contribution is -0.139. The fourth-order valence-corrected chi connectivity index (χ4v) is 1.51. The molecule has 0 aliphatic carbocycles. The molecule has 0 spiro atoms. The number of nitrogens with one attached hydrogen (secondary N) is 1. The van der Waals surface area contributed by atoms with Crippen LogP contribution in [0.3, 0.4) is 0 Å². The average molecular weight is 215 g/mol. The first-order valence-electron chi connectivity index (χ1n) is 6.04. The Hall–Kier alpha value is -0.570. The van der Waals surface area contributed by atoms with Crippen molar-refractivity contribution in [1.29, 1.82) is 0 Å². The summed E-state index contributed by atoms with van der Waals surface area (Å²) in [5.74, 6) is -0.0151. The van der Waals surface area contributed by atoms with Crippen LogP contribution in [-0.4, -0.2) is 23.7 Å². The van der Waals surface area contributed by atoms with Crippen molar-refractivity contribution < 1.29 is 9.90 Å². The zero-order valence-electron chi connectivity index (χ0n) is 10.3. The van der Waals surface area contributed by atoms with E-state index in [0.717, 1.165) is 38.6 Å². The van der Waals surface area contributed by atoms with Gasteiger partial charge in [-0.1, -0.05) is 33.6 Å². The van der Waals surface area contributed by atoms with Gasteiger partial charge in [-0.25, -0.2) is 0 Å². The fraction of sp³-hybridized carbons (Fsp3) is 0.917. The molecule has 0 bridgehead atoms. The Morgan fingerprint density at radius 3 is 2.40 bits per heavy atom. The molecular formula is C12H25NO2. The molecular weight excluding hydrogens is 190 g/mol. The maximum absolute atomic E-state index is 10.9. The highest BCUT2D eigenvalue weighted by atomic mass is 16.4. The minimum Gasteiger partial charge on any atom is -0.480 e. The molecule has 0 unspecified atom stereocenters. The molecule has 0 aromatic heterocycles. The van der Waals surface area contributed by atoms with Crippen molar-refractivity contribution in [2.75, 3.05) is 6.54 Å². The van der Waals surface area contributed by atoms with Crippen molar-refractivity contribution in [1.82, 2.24) is 5.32 Å². The van der Waals surface area contributed by atoms with Crippen LogP contribution in [0.4, 0.5) is 0 Å². The van der Waals surface area contributed by atoms with Crippen LogP contribution in [0.15, 0.2) is 0 Å². The van der Waals surface area contributed by atoms with E-state index >= 15 is 0 Å². The lowest BCUT2D eigenvalue weighted by atomic mass is 10.1. The van der Waals surface area contributed by atoms with Gasteiger partial charge < -0.3 is 10.4 Å². The van der Waals surface area contributed by atoms with E-state index in [-0.39, 0.29) is 6.04 Å². The predicted octanol–water partition coefficient (Wildman–Crippen LogP) is 2.66. The molecule has 2 N–H and O–H groups in total. The Morgan fingerprint density at radius 2 is 1.93 bits per heavy atom. The minimum atomic E-state index is -0.715. The molecule has 90 valence electrons. The molecule has 0 aliphatic heterocycles. The van der Waals surface area contributed by atoms with Gasteiger partial charge >= 0.3 is 5.97 Å². The van der Waals surface area contributed by atoms with Crippen LogP contribution in [0, 0.1) is 5.92 Å². The van der Waals surface area contributed by atoms with Crippen molar-refractivity contribution in [3.63, 3.8) is 0 Å². The highest BCUT2D eigenvalue weighted by molar-refractivity contribution is 5.73. The first-order valence-corrected chi connectivity index (χ1v) is 6.04. The van der Waals surface area contributed by atoms with Gasteiger partial charge in [0.2, 0.25) is 0 Å². The van der Waals surface area contributed by atoms with E-state index in [1.54, 1.807) is 0 Å². The molecule has 0 rings (SSSR count). The Morgan fingerprint density at radius 1 is 1.27 bits per heavy atom. The van der Waals surface area contributed by atoms with Crippen LogP contribution in [0.2, 0.25) is 0 Å². The summed E-state index contributed by atoms with van der Waals surface area (Å²) in [7, 11) is 0. The Balaban J connectivity index is 3.62. The summed E-state index contributed by atoms with van der Waals surface area (Å²) < 4.78 is 0. The Labute approximate surface area is 93.3 Å². The standard InChI is InChI=1S/C12H25NO2/c1-4-5-8-11(12(14)15)13-9-6-7-10(2)3/h10-11,13H,4-9H2,1-3H3,(H,14,15)/t11-/m0/s1. The van der Waals surface area contributed by atoms with E-state index in [1.165, 1.54) is 0 Å². The molecule has 0 aliphatic rings. The molecule has 15 heavy (non-hydrogen) atoms. The van der Waals surface area contributed by atoms with Gasteiger partial charge in [-0.05, 0) is 31.7 Å². The summed E-state index contributed by atoms with van der Waals surface area (Å²) in [5, 5.41) is 12.1. The highest BCUT2D eigenvalue weighted by Crippen LogP contribution is 2.04. The molecule has 0 saturated carbocycles. The summed E-state index contributed by atoms with van der Waals surface area (Å²) in [5.41, 5.74) is 0. The second-order valence-corrected chi connectivity index (χ2v) is 4.52. The summed E-state index contributed by atoms with van der Waals surface area (Å²) in [6, 6.07) is -0.350. The SMILES string of the molecule is CCCC[C@H](NCCCC(C)C)C(=O)O. The Bertz CT molecular complexity index is 169. The van der Waals surface area contributed by atoms with Crippen molar-refractivity contribution in [3.8, 4) is 0 Å². The molecule has 3 nitrogen and oxygen atoms in total. The highest BCUT2D eigenvalue weighted by Gasteiger charge is 2.14. The van der Waals surface area contributed by atoms with Gasteiger partial charge in [0.05, 0.1) is 0 Å². The van der Waals surface area contributed by atoms with Gasteiger partial charge in [-0.15, -0.1) is 0 Å². The van der Waals surface area contributed by atoms with E-state index < -0.39 is 5.97 Å². The summed E-state index contributed by atoms with van der Waals surface area (Å²) in [6.45, 7) is 7.27. The first kappa shape index (κ1) is 14.4. The summed E-state index contributed by atoms with van der Waals surface area (Å²) >= 11 is 0. The monoisotopic (exact) mass is 215 g/mol. The molecule has 0 aromatic carbocycles. The van der Waals surface area contributed by atoms with E-state index in [1.807, 2.05) is 0 Å². The zero-order valence-corrected chi connectivity index (χ0v) is 10.3. The Kier molecular flexibility index (Phi) is 8.38. The van der Waals surface area contributed by atoms with Gasteiger partial charge in [0.1, 0.15) is 6.04 Å². The van der Waals surface area contributed by atoms with Gasteiger partial charge in [0.25, 0.3) is 0 Å². The van der Waals surface area contributed by atoms with E-state index in [2.05, 4.69) is 26.1 Å². The molecule has 0 aromatic rings. The van der Waals surface area contributed by atoms with E-state index in [4.69, 9.17) is 5.11 Å². The first-order chi connectivity index (χ1) is 7.07. The number of unbranched alkanes of at least 4 members (excludes halogenated alkanes) is 1. The number of carbonyl (C=O) groups is 1. The predicted molar refractivity (Wildman–Crippen MR) is 63.0 cm³/mol. The molecule has 0 saturated heterocycles. The second kappa shape index (κ2) is 8.72. The average Bonchev–Trinajstić information content (AvgIpc) is 2.15. The maximum atomic E-state index is 10.9. The number of carboxylic acid groups (broad SMARTS) is 1. The summed E-state index contributed by atoms with van der Waals surface area (Å²) in [6.07, 6.45) is 5.00. The topological polar surface area (TPSA) is 49.3 Å². The van der Waals surface area contributed by atoms with Crippen LogP contribution in [-0.2, 0) is 4.79 Å². The largest absolute Gasteiger partial charge is 0.480 e. The molecule has 1 atom stereocenters. The molecule has 0 amide bonds. The third kappa shape index (κ3) is 8.43. The molecule has 0 radical (unpaired) electrons. The lowest BCUT2D eigenvalue weighted by Gasteiger charge is -2.14.